The molecule has 3 N–H and O–H groups in total. The van der Waals surface area contributed by atoms with Crippen LogP contribution in [0.1, 0.15) is 17.2 Å². The van der Waals surface area contributed by atoms with Gasteiger partial charge in [-0.25, -0.2) is 0 Å². The van der Waals surface area contributed by atoms with Gasteiger partial charge in [-0.05, 0) is 54.1 Å². The lowest BCUT2D eigenvalue weighted by Gasteiger charge is -2.16. The van der Waals surface area contributed by atoms with E-state index in [1.165, 1.54) is 0 Å². The Morgan fingerprint density at radius 1 is 0.962 bits per heavy atom. The second kappa shape index (κ2) is 6.90. The maximum absolute atomic E-state index is 13.1. The van der Waals surface area contributed by atoms with Crippen LogP contribution in [0, 0.1) is 0 Å². The molecule has 1 amide bonds. The van der Waals surface area contributed by atoms with Crippen LogP contribution in [0.2, 0.25) is 10.0 Å². The molecule has 2 heterocycles. The van der Waals surface area contributed by atoms with Crippen LogP contribution in [0.3, 0.4) is 0 Å². The van der Waals surface area contributed by atoms with Crippen LogP contribution in [-0.4, -0.2) is 15.9 Å². The number of fused-ring (bicyclic) bond motifs is 1. The summed E-state index contributed by atoms with van der Waals surface area (Å²) in [6.07, 6.45) is 3.66. The normalized spacial score (nSPS) is 12.2. The van der Waals surface area contributed by atoms with Crippen molar-refractivity contribution in [1.82, 2.24) is 9.97 Å². The minimum atomic E-state index is -0.490. The largest absolute Gasteiger partial charge is 0.364 e. The van der Waals surface area contributed by atoms with Gasteiger partial charge in [-0.1, -0.05) is 29.3 Å². The van der Waals surface area contributed by atoms with Gasteiger partial charge in [0.15, 0.2) is 0 Å². The van der Waals surface area contributed by atoms with Crippen LogP contribution in [-0.2, 0) is 4.79 Å². The van der Waals surface area contributed by atoms with Crippen molar-refractivity contribution in [2.24, 2.45) is 0 Å². The Morgan fingerprint density at radius 3 is 2.46 bits per heavy atom. The molecule has 26 heavy (non-hydrogen) atoms. The van der Waals surface area contributed by atoms with Crippen LogP contribution in [0.5, 0.6) is 0 Å². The first-order chi connectivity index (χ1) is 12.6. The number of nitrogens with one attached hydrogen (secondary N) is 3. The Hall–Kier alpha value is -2.69. The highest BCUT2D eigenvalue weighted by atomic mass is 35.5. The van der Waals surface area contributed by atoms with E-state index >= 15 is 0 Å². The van der Waals surface area contributed by atoms with E-state index in [0.29, 0.717) is 15.7 Å². The number of carbonyl (C=O) groups excluding carboxylic acids is 1. The average molecular weight is 384 g/mol. The maximum atomic E-state index is 13.1. The minimum absolute atomic E-state index is 0.134. The third kappa shape index (κ3) is 3.21. The smallest absolute Gasteiger partial charge is 0.237 e. The van der Waals surface area contributed by atoms with E-state index in [9.17, 15) is 4.79 Å². The lowest BCUT2D eigenvalue weighted by Crippen LogP contribution is -2.22. The molecule has 0 spiro atoms. The van der Waals surface area contributed by atoms with Crippen LogP contribution in [0.25, 0.3) is 10.9 Å². The van der Waals surface area contributed by atoms with E-state index in [-0.39, 0.29) is 5.91 Å². The lowest BCUT2D eigenvalue weighted by atomic mass is 9.94. The van der Waals surface area contributed by atoms with E-state index in [2.05, 4.69) is 15.3 Å². The Bertz CT molecular complexity index is 1050. The minimum Gasteiger partial charge on any atom is -0.364 e. The van der Waals surface area contributed by atoms with Gasteiger partial charge in [0.05, 0.1) is 0 Å². The molecular formula is C20H15Cl2N3O. The maximum Gasteiger partial charge on any atom is 0.237 e. The average Bonchev–Trinajstić information content (AvgIpc) is 3.28. The first kappa shape index (κ1) is 16.8. The van der Waals surface area contributed by atoms with Gasteiger partial charge in [0.25, 0.3) is 0 Å². The van der Waals surface area contributed by atoms with Gasteiger partial charge in [0.2, 0.25) is 5.91 Å². The third-order valence-electron chi connectivity index (χ3n) is 4.29. The zero-order valence-corrected chi connectivity index (χ0v) is 15.1. The molecule has 4 aromatic rings. The summed E-state index contributed by atoms with van der Waals surface area (Å²) in [6.45, 7) is 0. The predicted octanol–water partition coefficient (Wildman–Crippen LogP) is 5.57. The molecule has 0 fully saturated rings. The van der Waals surface area contributed by atoms with Gasteiger partial charge in [0, 0.05) is 44.7 Å². The van der Waals surface area contributed by atoms with E-state index in [0.717, 1.165) is 22.2 Å². The highest BCUT2D eigenvalue weighted by Gasteiger charge is 2.26. The number of anilines is 1. The number of aromatic amines is 2. The third-order valence-corrected chi connectivity index (χ3v) is 4.78. The van der Waals surface area contributed by atoms with Gasteiger partial charge >= 0.3 is 0 Å². The fraction of sp³-hybridized carbons (Fsp3) is 0.0500. The quantitative estimate of drug-likeness (QED) is 0.423. The number of amides is 1. The monoisotopic (exact) mass is 383 g/mol. The molecule has 0 saturated carbocycles. The number of carbonyl (C=O) groups is 1. The molecule has 2 aromatic carbocycles. The molecule has 2 aromatic heterocycles. The Kier molecular flexibility index (Phi) is 4.45. The molecule has 0 radical (unpaired) electrons. The molecular weight excluding hydrogens is 369 g/mol. The fourth-order valence-electron chi connectivity index (χ4n) is 3.08. The summed E-state index contributed by atoms with van der Waals surface area (Å²) < 4.78 is 0. The number of rotatable bonds is 4. The van der Waals surface area contributed by atoms with Crippen molar-refractivity contribution < 1.29 is 4.79 Å². The number of halogens is 2. The molecule has 1 atom stereocenters. The predicted molar refractivity (Wildman–Crippen MR) is 106 cm³/mol. The molecule has 6 heteroatoms. The summed E-state index contributed by atoms with van der Waals surface area (Å²) in [5, 5.41) is 5.19. The second-order valence-electron chi connectivity index (χ2n) is 5.99. The van der Waals surface area contributed by atoms with Crippen molar-refractivity contribution in [2.75, 3.05) is 5.32 Å². The summed E-state index contributed by atoms with van der Waals surface area (Å²) in [5.41, 5.74) is 3.28. The van der Waals surface area contributed by atoms with E-state index in [1.807, 2.05) is 42.7 Å². The van der Waals surface area contributed by atoms with Gasteiger partial charge in [-0.2, -0.15) is 0 Å². The molecule has 0 aliphatic carbocycles. The van der Waals surface area contributed by atoms with Gasteiger partial charge in [-0.3, -0.25) is 4.79 Å². The molecule has 0 saturated heterocycles. The zero-order chi connectivity index (χ0) is 18.1. The van der Waals surface area contributed by atoms with E-state index in [4.69, 9.17) is 23.2 Å². The van der Waals surface area contributed by atoms with Gasteiger partial charge < -0.3 is 15.3 Å². The summed E-state index contributed by atoms with van der Waals surface area (Å²) >= 11 is 12.0. The fourth-order valence-corrected chi connectivity index (χ4v) is 3.38. The van der Waals surface area contributed by atoms with Crippen molar-refractivity contribution in [3.63, 3.8) is 0 Å². The van der Waals surface area contributed by atoms with Crippen LogP contribution in [0.15, 0.2) is 67.0 Å². The Balaban J connectivity index is 1.75. The number of benzene rings is 2. The molecule has 4 rings (SSSR count). The standard InChI is InChI=1S/C20H15Cl2N3O/c21-12-3-6-14(7-4-12)25-20(26)19(17-2-1-9-23-17)16-11-24-18-10-13(22)5-8-15(16)18/h1-11,19,23-24H,(H,25,26). The van der Waals surface area contributed by atoms with Gasteiger partial charge in [0.1, 0.15) is 5.92 Å². The molecule has 0 aliphatic rings. The highest BCUT2D eigenvalue weighted by Crippen LogP contribution is 2.32. The number of hydrogen-bond acceptors (Lipinski definition) is 1. The van der Waals surface area contributed by atoms with Crippen molar-refractivity contribution in [3.05, 3.63) is 88.3 Å². The van der Waals surface area contributed by atoms with Crippen molar-refractivity contribution in [2.45, 2.75) is 5.92 Å². The first-order valence-corrected chi connectivity index (χ1v) is 8.83. The Labute approximate surface area is 160 Å². The van der Waals surface area contributed by atoms with Crippen LogP contribution < -0.4 is 5.32 Å². The number of hydrogen-bond donors (Lipinski definition) is 3. The zero-order valence-electron chi connectivity index (χ0n) is 13.6. The number of aromatic nitrogens is 2. The first-order valence-electron chi connectivity index (χ1n) is 8.08. The molecule has 0 bridgehead atoms. The van der Waals surface area contributed by atoms with Gasteiger partial charge in [-0.15, -0.1) is 0 Å². The molecule has 4 nitrogen and oxygen atoms in total. The van der Waals surface area contributed by atoms with E-state index < -0.39 is 5.92 Å². The van der Waals surface area contributed by atoms with Crippen molar-refractivity contribution >= 4 is 45.7 Å². The summed E-state index contributed by atoms with van der Waals surface area (Å²) in [5.74, 6) is -0.624. The second-order valence-corrected chi connectivity index (χ2v) is 6.86. The molecule has 130 valence electrons. The van der Waals surface area contributed by atoms with Crippen molar-refractivity contribution in [1.29, 1.82) is 0 Å². The van der Waals surface area contributed by atoms with Crippen molar-refractivity contribution in [3.8, 4) is 0 Å². The van der Waals surface area contributed by atoms with E-state index in [1.54, 1.807) is 24.3 Å². The SMILES string of the molecule is O=C(Nc1ccc(Cl)cc1)C(c1ccc[nH]1)c1c[nH]c2cc(Cl)ccc12. The summed E-state index contributed by atoms with van der Waals surface area (Å²) in [4.78, 5) is 19.5. The molecule has 1 unspecified atom stereocenters. The van der Waals surface area contributed by atoms with Crippen LogP contribution in [0.4, 0.5) is 5.69 Å². The summed E-state index contributed by atoms with van der Waals surface area (Å²) in [7, 11) is 0. The Morgan fingerprint density at radius 2 is 1.73 bits per heavy atom. The topological polar surface area (TPSA) is 60.7 Å². The number of H-pyrrole nitrogens is 2. The lowest BCUT2D eigenvalue weighted by molar-refractivity contribution is -0.116. The molecule has 0 aliphatic heterocycles. The summed E-state index contributed by atoms with van der Waals surface area (Å²) in [6, 6.07) is 16.4. The highest BCUT2D eigenvalue weighted by molar-refractivity contribution is 6.31. The van der Waals surface area contributed by atoms with Crippen LogP contribution >= 0.6 is 23.2 Å².